The van der Waals surface area contributed by atoms with Crippen molar-refractivity contribution >= 4 is 10.1 Å². The Bertz CT molecular complexity index is 346. The molecule has 0 aromatic rings. The number of nitrogens with zero attached hydrogens (tertiary/aromatic N) is 1. The van der Waals surface area contributed by atoms with Crippen molar-refractivity contribution in [1.29, 1.82) is 0 Å². The van der Waals surface area contributed by atoms with E-state index in [4.69, 9.17) is 9.29 Å². The lowest BCUT2D eigenvalue weighted by Crippen LogP contribution is -2.43. The average Bonchev–Trinajstić information content (AvgIpc) is 2.14. The summed E-state index contributed by atoms with van der Waals surface area (Å²) < 4.78 is 35.9. The summed E-state index contributed by atoms with van der Waals surface area (Å²) in [4.78, 5) is 0. The first kappa shape index (κ1) is 16.4. The van der Waals surface area contributed by atoms with Gasteiger partial charge in [-0.2, -0.15) is 8.42 Å². The molecule has 0 aliphatic carbocycles. The van der Waals surface area contributed by atoms with Gasteiger partial charge in [-0.15, -0.1) is 0 Å². The Morgan fingerprint density at radius 3 is 2.41 bits per heavy atom. The fourth-order valence-electron chi connectivity index (χ4n) is 1.32. The van der Waals surface area contributed by atoms with E-state index in [0.29, 0.717) is 24.1 Å². The number of quaternary nitrogens is 1. The lowest BCUT2D eigenvalue weighted by Gasteiger charge is -2.29. The maximum atomic E-state index is 10.6. The van der Waals surface area contributed by atoms with E-state index in [2.05, 4.69) is 0 Å². The number of ether oxygens (including phenoxy) is 1. The summed E-state index contributed by atoms with van der Waals surface area (Å²) in [6.07, 6.45) is 2.35. The van der Waals surface area contributed by atoms with Gasteiger partial charge in [-0.25, -0.2) is 0 Å². The van der Waals surface area contributed by atoms with Crippen molar-refractivity contribution in [2.75, 3.05) is 39.5 Å². The fraction of sp³-hybridized carbons (Fsp3) is 0.818. The van der Waals surface area contributed by atoms with Crippen LogP contribution in [0.3, 0.4) is 0 Å². The SMILES string of the molecule is CC=C(C)OCC[N+](C)(C)CCCS(=O)(=O)O. The zero-order chi connectivity index (χ0) is 13.5. The number of hydrogen-bond acceptors (Lipinski definition) is 3. The van der Waals surface area contributed by atoms with Crippen LogP contribution in [0, 0.1) is 0 Å². The van der Waals surface area contributed by atoms with Gasteiger partial charge in [0, 0.05) is 6.42 Å². The second kappa shape index (κ2) is 6.98. The van der Waals surface area contributed by atoms with Crippen molar-refractivity contribution in [1.82, 2.24) is 0 Å². The molecule has 0 heterocycles. The first-order chi connectivity index (χ1) is 7.66. The third-order valence-electron chi connectivity index (χ3n) is 2.60. The van der Waals surface area contributed by atoms with Gasteiger partial charge < -0.3 is 9.22 Å². The summed E-state index contributed by atoms with van der Waals surface area (Å²) in [5.74, 6) is 0.714. The maximum Gasteiger partial charge on any atom is 0.265 e. The predicted molar refractivity (Wildman–Crippen MR) is 68.3 cm³/mol. The molecular formula is C11H24NO4S+. The third kappa shape index (κ3) is 10.3. The van der Waals surface area contributed by atoms with Gasteiger partial charge in [-0.05, 0) is 13.8 Å². The van der Waals surface area contributed by atoms with Crippen molar-refractivity contribution in [2.45, 2.75) is 20.3 Å². The molecule has 6 heteroatoms. The van der Waals surface area contributed by atoms with E-state index in [1.807, 2.05) is 34.0 Å². The van der Waals surface area contributed by atoms with Gasteiger partial charge in [0.2, 0.25) is 0 Å². The van der Waals surface area contributed by atoms with Gasteiger partial charge >= 0.3 is 0 Å². The summed E-state index contributed by atoms with van der Waals surface area (Å²) in [5.41, 5.74) is 0. The smallest absolute Gasteiger partial charge is 0.265 e. The number of allylic oxidation sites excluding steroid dienone is 2. The minimum absolute atomic E-state index is 0.177. The molecular weight excluding hydrogens is 242 g/mol. The van der Waals surface area contributed by atoms with E-state index in [0.717, 1.165) is 12.3 Å². The molecule has 0 aliphatic heterocycles. The van der Waals surface area contributed by atoms with Crippen LogP contribution >= 0.6 is 0 Å². The molecule has 0 saturated heterocycles. The Labute approximate surface area is 104 Å². The summed E-state index contributed by atoms with van der Waals surface area (Å²) in [6.45, 7) is 5.92. The number of hydrogen-bond donors (Lipinski definition) is 1. The molecule has 0 aliphatic rings. The van der Waals surface area contributed by atoms with E-state index in [1.54, 1.807) is 0 Å². The molecule has 5 nitrogen and oxygen atoms in total. The molecule has 0 aromatic carbocycles. The highest BCUT2D eigenvalue weighted by Gasteiger charge is 2.16. The molecule has 0 atom stereocenters. The molecule has 0 amide bonds. The molecule has 0 fully saturated rings. The zero-order valence-electron chi connectivity index (χ0n) is 11.1. The molecule has 17 heavy (non-hydrogen) atoms. The van der Waals surface area contributed by atoms with E-state index in [9.17, 15) is 8.42 Å². The van der Waals surface area contributed by atoms with Gasteiger partial charge in [0.1, 0.15) is 13.2 Å². The normalized spacial score (nSPS) is 13.8. The van der Waals surface area contributed by atoms with Gasteiger partial charge in [0.05, 0.1) is 32.2 Å². The summed E-state index contributed by atoms with van der Waals surface area (Å²) in [6, 6.07) is 0. The highest BCUT2D eigenvalue weighted by molar-refractivity contribution is 7.85. The van der Waals surface area contributed by atoms with Crippen molar-refractivity contribution in [3.05, 3.63) is 11.8 Å². The Kier molecular flexibility index (Phi) is 6.74. The topological polar surface area (TPSA) is 63.6 Å². The Hall–Kier alpha value is -0.590. The van der Waals surface area contributed by atoms with Crippen molar-refractivity contribution in [3.63, 3.8) is 0 Å². The zero-order valence-corrected chi connectivity index (χ0v) is 12.0. The van der Waals surface area contributed by atoms with Gasteiger partial charge in [-0.1, -0.05) is 6.08 Å². The van der Waals surface area contributed by atoms with Gasteiger partial charge in [0.25, 0.3) is 10.1 Å². The van der Waals surface area contributed by atoms with Crippen molar-refractivity contribution < 1.29 is 22.2 Å². The van der Waals surface area contributed by atoms with Crippen LogP contribution < -0.4 is 0 Å². The molecule has 0 aromatic heterocycles. The van der Waals surface area contributed by atoms with Gasteiger partial charge in [-0.3, -0.25) is 4.55 Å². The third-order valence-corrected chi connectivity index (χ3v) is 3.40. The minimum atomic E-state index is -3.83. The summed E-state index contributed by atoms with van der Waals surface area (Å²) >= 11 is 0. The van der Waals surface area contributed by atoms with E-state index < -0.39 is 10.1 Å². The highest BCUT2D eigenvalue weighted by atomic mass is 32.2. The molecule has 0 saturated carbocycles. The van der Waals surface area contributed by atoms with E-state index >= 15 is 0 Å². The second-order valence-electron chi connectivity index (χ2n) is 4.77. The van der Waals surface area contributed by atoms with Crippen LogP contribution in [0.5, 0.6) is 0 Å². The minimum Gasteiger partial charge on any atom is -0.493 e. The quantitative estimate of drug-likeness (QED) is 0.408. The lowest BCUT2D eigenvalue weighted by atomic mass is 10.3. The molecule has 0 spiro atoms. The summed E-state index contributed by atoms with van der Waals surface area (Å²) in [7, 11) is 0.190. The molecule has 0 unspecified atom stereocenters. The Balaban J connectivity index is 3.88. The fourth-order valence-corrected chi connectivity index (χ4v) is 1.82. The van der Waals surface area contributed by atoms with Crippen LogP contribution in [-0.4, -0.2) is 57.0 Å². The number of likely N-dealkylation sites (N-methyl/N-ethyl adjacent to an activating group) is 1. The Morgan fingerprint density at radius 2 is 1.94 bits per heavy atom. The molecule has 0 rings (SSSR count). The summed E-state index contributed by atoms with van der Waals surface area (Å²) in [5, 5.41) is 0. The molecule has 1 N–H and O–H groups in total. The van der Waals surface area contributed by atoms with Crippen LogP contribution in [0.25, 0.3) is 0 Å². The van der Waals surface area contributed by atoms with Crippen molar-refractivity contribution in [2.24, 2.45) is 0 Å². The average molecular weight is 266 g/mol. The predicted octanol–water partition coefficient (Wildman–Crippen LogP) is 1.28. The van der Waals surface area contributed by atoms with Crippen LogP contribution in [0.4, 0.5) is 0 Å². The first-order valence-corrected chi connectivity index (χ1v) is 7.30. The maximum absolute atomic E-state index is 10.6. The van der Waals surface area contributed by atoms with Crippen LogP contribution in [0.15, 0.2) is 11.8 Å². The largest absolute Gasteiger partial charge is 0.493 e. The molecule has 0 bridgehead atoms. The molecule has 0 radical (unpaired) electrons. The Morgan fingerprint density at radius 1 is 1.35 bits per heavy atom. The number of rotatable bonds is 8. The standard InChI is InChI=1S/C11H23NO4S/c1-5-11(2)16-9-8-12(3,4)7-6-10-17(13,14)15/h5H,6-10H2,1-4H3/p+1. The lowest BCUT2D eigenvalue weighted by molar-refractivity contribution is -0.890. The van der Waals surface area contributed by atoms with Gasteiger partial charge in [0.15, 0.2) is 0 Å². The second-order valence-corrected chi connectivity index (χ2v) is 6.34. The first-order valence-electron chi connectivity index (χ1n) is 5.69. The van der Waals surface area contributed by atoms with Crippen LogP contribution in [0.2, 0.25) is 0 Å². The van der Waals surface area contributed by atoms with Crippen molar-refractivity contribution in [3.8, 4) is 0 Å². The van der Waals surface area contributed by atoms with Crippen LogP contribution in [0.1, 0.15) is 20.3 Å². The monoisotopic (exact) mass is 266 g/mol. The van der Waals surface area contributed by atoms with Crippen LogP contribution in [-0.2, 0) is 14.9 Å². The van der Waals surface area contributed by atoms with E-state index in [-0.39, 0.29) is 5.75 Å². The van der Waals surface area contributed by atoms with E-state index in [1.165, 1.54) is 0 Å². The highest BCUT2D eigenvalue weighted by Crippen LogP contribution is 2.03. The molecule has 102 valence electrons.